The largest absolute Gasteiger partial charge is 0.508 e. The average Bonchev–Trinajstić information content (AvgIpc) is 3.47. The molecule has 0 spiro atoms. The van der Waals surface area contributed by atoms with E-state index >= 15 is 0 Å². The summed E-state index contributed by atoms with van der Waals surface area (Å²) in [4.78, 5) is 6.54. The lowest BCUT2D eigenvalue weighted by Gasteiger charge is -2.48. The molecule has 0 radical (unpaired) electrons. The minimum Gasteiger partial charge on any atom is -0.508 e. The minimum absolute atomic E-state index is 0.395. The number of aromatic nitrogens is 1. The fourth-order valence-electron chi connectivity index (χ4n) is 6.08. The first-order chi connectivity index (χ1) is 14.2. The highest BCUT2D eigenvalue weighted by molar-refractivity contribution is 5.84. The second-order valence-electron chi connectivity index (χ2n) is 9.63. The Morgan fingerprint density at radius 2 is 1.90 bits per heavy atom. The molecule has 0 amide bonds. The number of hydrogen-bond acceptors (Lipinski definition) is 2. The van der Waals surface area contributed by atoms with Gasteiger partial charge in [0.25, 0.3) is 0 Å². The molecule has 2 aromatic carbocycles. The summed E-state index contributed by atoms with van der Waals surface area (Å²) in [6, 6.07) is 17.4. The molecule has 2 heterocycles. The van der Waals surface area contributed by atoms with E-state index in [1.54, 1.807) is 11.6 Å². The fourth-order valence-corrected chi connectivity index (χ4v) is 6.08. The Kier molecular flexibility index (Phi) is 4.19. The van der Waals surface area contributed by atoms with Crippen molar-refractivity contribution >= 4 is 10.9 Å². The number of phenols is 1. The Morgan fingerprint density at radius 3 is 2.76 bits per heavy atom. The van der Waals surface area contributed by atoms with Crippen molar-refractivity contribution < 1.29 is 5.11 Å². The Bertz CT molecular complexity index is 1030. The quantitative estimate of drug-likeness (QED) is 0.667. The van der Waals surface area contributed by atoms with Crippen LogP contribution in [0.2, 0.25) is 0 Å². The summed E-state index contributed by atoms with van der Waals surface area (Å²) in [7, 11) is 0. The van der Waals surface area contributed by atoms with Crippen molar-refractivity contribution in [3.05, 3.63) is 65.4 Å². The van der Waals surface area contributed by atoms with Crippen LogP contribution in [0.25, 0.3) is 10.9 Å². The summed E-state index contributed by atoms with van der Waals surface area (Å²) in [5, 5.41) is 11.4. The molecule has 0 bridgehead atoms. The van der Waals surface area contributed by atoms with E-state index in [1.165, 1.54) is 67.4 Å². The lowest BCUT2D eigenvalue weighted by atomic mass is 9.68. The smallest absolute Gasteiger partial charge is 0.115 e. The van der Waals surface area contributed by atoms with E-state index in [9.17, 15) is 5.11 Å². The van der Waals surface area contributed by atoms with Crippen molar-refractivity contribution in [2.45, 2.75) is 44.6 Å². The second kappa shape index (κ2) is 6.91. The number of piperidine rings is 1. The zero-order valence-corrected chi connectivity index (χ0v) is 17.0. The van der Waals surface area contributed by atoms with Gasteiger partial charge in [0.15, 0.2) is 0 Å². The van der Waals surface area contributed by atoms with Gasteiger partial charge in [-0.25, -0.2) is 0 Å². The summed E-state index contributed by atoms with van der Waals surface area (Å²) in [6.07, 6.45) is 7.59. The Hall–Kier alpha value is -2.26. The highest BCUT2D eigenvalue weighted by atomic mass is 16.3. The molecule has 1 aromatic heterocycles. The van der Waals surface area contributed by atoms with Crippen molar-refractivity contribution in [1.82, 2.24) is 9.88 Å². The molecular weight excluding hydrogens is 356 g/mol. The average molecular weight is 387 g/mol. The number of aromatic amines is 1. The number of benzene rings is 2. The first-order valence-corrected chi connectivity index (χ1v) is 11.3. The number of nitrogens with zero attached hydrogens (tertiary/aromatic N) is 1. The SMILES string of the molecule is Oc1cccc(C[C@@H]2C3Cc4c([nH]c5ccccc45)CC3CCN2CC2CC2)c1. The lowest BCUT2D eigenvalue weighted by Crippen LogP contribution is -2.53. The molecule has 29 heavy (non-hydrogen) atoms. The van der Waals surface area contributed by atoms with Gasteiger partial charge < -0.3 is 10.1 Å². The van der Waals surface area contributed by atoms with E-state index in [0.717, 1.165) is 18.3 Å². The predicted octanol–water partition coefficient (Wildman–Crippen LogP) is 4.93. The van der Waals surface area contributed by atoms with Crippen LogP contribution in [0.5, 0.6) is 5.75 Å². The van der Waals surface area contributed by atoms with Crippen LogP contribution in [0.3, 0.4) is 0 Å². The van der Waals surface area contributed by atoms with Crippen LogP contribution in [0.1, 0.15) is 36.1 Å². The highest BCUT2D eigenvalue weighted by Crippen LogP contribution is 2.43. The van der Waals surface area contributed by atoms with Gasteiger partial charge in [-0.1, -0.05) is 30.3 Å². The topological polar surface area (TPSA) is 39.3 Å². The molecule has 2 fully saturated rings. The molecule has 3 aromatic rings. The Balaban J connectivity index is 1.35. The summed E-state index contributed by atoms with van der Waals surface area (Å²) in [6.45, 7) is 2.50. The zero-order valence-electron chi connectivity index (χ0n) is 17.0. The van der Waals surface area contributed by atoms with Crippen LogP contribution in [0.15, 0.2) is 48.5 Å². The monoisotopic (exact) mass is 386 g/mol. The molecule has 2 unspecified atom stereocenters. The molecule has 3 nitrogen and oxygen atoms in total. The van der Waals surface area contributed by atoms with E-state index in [2.05, 4.69) is 40.2 Å². The van der Waals surface area contributed by atoms with Crippen LogP contribution >= 0.6 is 0 Å². The molecule has 6 rings (SSSR count). The van der Waals surface area contributed by atoms with E-state index in [4.69, 9.17) is 0 Å². The number of para-hydroxylation sites is 1. The van der Waals surface area contributed by atoms with Gasteiger partial charge in [0.2, 0.25) is 0 Å². The molecule has 1 saturated heterocycles. The Morgan fingerprint density at radius 1 is 1.00 bits per heavy atom. The van der Waals surface area contributed by atoms with Gasteiger partial charge in [0.05, 0.1) is 0 Å². The number of rotatable bonds is 4. The number of likely N-dealkylation sites (tertiary alicyclic amines) is 1. The van der Waals surface area contributed by atoms with Crippen LogP contribution in [-0.4, -0.2) is 34.1 Å². The van der Waals surface area contributed by atoms with Crippen LogP contribution < -0.4 is 0 Å². The van der Waals surface area contributed by atoms with Crippen molar-refractivity contribution in [2.75, 3.05) is 13.1 Å². The van der Waals surface area contributed by atoms with Gasteiger partial charge in [-0.3, -0.25) is 4.90 Å². The number of aromatic hydroxyl groups is 1. The maximum absolute atomic E-state index is 10.00. The van der Waals surface area contributed by atoms with E-state index < -0.39 is 0 Å². The highest BCUT2D eigenvalue weighted by Gasteiger charge is 2.42. The van der Waals surface area contributed by atoms with Crippen molar-refractivity contribution in [3.8, 4) is 5.75 Å². The molecule has 2 N–H and O–H groups in total. The van der Waals surface area contributed by atoms with Gasteiger partial charge in [-0.2, -0.15) is 0 Å². The number of phenolic OH excluding ortho intramolecular Hbond substituents is 1. The number of H-pyrrole nitrogens is 1. The number of hydrogen-bond donors (Lipinski definition) is 2. The van der Waals surface area contributed by atoms with E-state index in [-0.39, 0.29) is 0 Å². The molecule has 150 valence electrons. The van der Waals surface area contributed by atoms with Gasteiger partial charge in [-0.05, 0) is 92.1 Å². The van der Waals surface area contributed by atoms with Crippen molar-refractivity contribution in [1.29, 1.82) is 0 Å². The maximum Gasteiger partial charge on any atom is 0.115 e. The zero-order chi connectivity index (χ0) is 19.4. The molecular formula is C26H30N2O. The molecule has 3 heteroatoms. The van der Waals surface area contributed by atoms with E-state index in [0.29, 0.717) is 17.7 Å². The first kappa shape index (κ1) is 17.6. The number of nitrogens with one attached hydrogen (secondary N) is 1. The van der Waals surface area contributed by atoms with Gasteiger partial charge in [0, 0.05) is 29.2 Å². The third-order valence-electron chi connectivity index (χ3n) is 7.71. The third-order valence-corrected chi connectivity index (χ3v) is 7.71. The van der Waals surface area contributed by atoms with Crippen molar-refractivity contribution in [2.24, 2.45) is 17.8 Å². The third kappa shape index (κ3) is 3.26. The van der Waals surface area contributed by atoms with Crippen LogP contribution in [0, 0.1) is 17.8 Å². The Labute approximate surface area is 172 Å². The second-order valence-corrected chi connectivity index (χ2v) is 9.63. The summed E-state index contributed by atoms with van der Waals surface area (Å²) >= 11 is 0. The standard InChI is InChI=1S/C26H30N2O/c29-20-5-3-4-18(12-20)13-26-22-15-23-21-6-1-2-7-24(21)27-25(23)14-19(22)10-11-28(26)16-17-8-9-17/h1-7,12,17,19,22,26-27,29H,8-11,13-16H2/t19?,22?,26-/m1/s1. The van der Waals surface area contributed by atoms with E-state index in [1.807, 2.05) is 12.1 Å². The summed E-state index contributed by atoms with van der Waals surface area (Å²) in [5.41, 5.74) is 5.63. The fraction of sp³-hybridized carbons (Fsp3) is 0.462. The summed E-state index contributed by atoms with van der Waals surface area (Å²) in [5.74, 6) is 2.79. The van der Waals surface area contributed by atoms with Gasteiger partial charge in [0.1, 0.15) is 5.75 Å². The lowest BCUT2D eigenvalue weighted by molar-refractivity contribution is 0.0389. The van der Waals surface area contributed by atoms with Crippen molar-refractivity contribution in [3.63, 3.8) is 0 Å². The summed E-state index contributed by atoms with van der Waals surface area (Å²) < 4.78 is 0. The molecule has 1 aliphatic heterocycles. The van der Waals surface area contributed by atoms with Gasteiger partial charge in [-0.15, -0.1) is 0 Å². The van der Waals surface area contributed by atoms with Crippen LogP contribution in [-0.2, 0) is 19.3 Å². The predicted molar refractivity (Wildman–Crippen MR) is 117 cm³/mol. The molecule has 3 aliphatic rings. The molecule has 2 aliphatic carbocycles. The maximum atomic E-state index is 10.00. The molecule has 1 saturated carbocycles. The number of fused-ring (bicyclic) bond motifs is 4. The van der Waals surface area contributed by atoms with Gasteiger partial charge >= 0.3 is 0 Å². The molecule has 3 atom stereocenters. The normalized spacial score (nSPS) is 27.0. The first-order valence-electron chi connectivity index (χ1n) is 11.3. The minimum atomic E-state index is 0.395. The van der Waals surface area contributed by atoms with Crippen LogP contribution in [0.4, 0.5) is 0 Å².